The topological polar surface area (TPSA) is 49.2 Å². The van der Waals surface area contributed by atoms with Gasteiger partial charge in [-0.1, -0.05) is 12.1 Å². The maximum Gasteiger partial charge on any atom is 0.159 e. The van der Waals surface area contributed by atoms with Crippen LogP contribution in [0.3, 0.4) is 0 Å². The summed E-state index contributed by atoms with van der Waals surface area (Å²) in [5, 5.41) is 8.42. The summed E-state index contributed by atoms with van der Waals surface area (Å²) in [6.45, 7) is 2.19. The lowest BCUT2D eigenvalue weighted by Gasteiger charge is -2.15. The average Bonchev–Trinajstić information content (AvgIpc) is 2.89. The first kappa shape index (κ1) is 12.2. The lowest BCUT2D eigenvalue weighted by atomic mass is 10.1. The van der Waals surface area contributed by atoms with Crippen LogP contribution < -0.4 is 4.74 Å². The minimum Gasteiger partial charge on any atom is -0.497 e. The molecule has 5 heteroatoms. The van der Waals surface area contributed by atoms with E-state index in [0.717, 1.165) is 43.4 Å². The highest BCUT2D eigenvalue weighted by atomic mass is 16.5. The Morgan fingerprint density at radius 3 is 2.84 bits per heavy atom. The second-order valence-corrected chi connectivity index (χ2v) is 4.58. The van der Waals surface area contributed by atoms with Gasteiger partial charge in [0.15, 0.2) is 5.82 Å². The van der Waals surface area contributed by atoms with Crippen LogP contribution in [0.4, 0.5) is 0 Å². The van der Waals surface area contributed by atoms with Crippen LogP contribution in [0.1, 0.15) is 17.2 Å². The third kappa shape index (κ3) is 2.61. The van der Waals surface area contributed by atoms with Gasteiger partial charge in [0.1, 0.15) is 18.2 Å². The third-order valence-electron chi connectivity index (χ3n) is 3.39. The highest BCUT2D eigenvalue weighted by Gasteiger charge is 2.15. The van der Waals surface area contributed by atoms with Crippen LogP contribution in [0.15, 0.2) is 24.3 Å². The zero-order valence-corrected chi connectivity index (χ0v) is 11.0. The highest BCUT2D eigenvalue weighted by Crippen LogP contribution is 2.14. The number of benzene rings is 1. The predicted molar refractivity (Wildman–Crippen MR) is 70.1 cm³/mol. The van der Waals surface area contributed by atoms with Gasteiger partial charge in [0.25, 0.3) is 0 Å². The second kappa shape index (κ2) is 5.40. The number of nitrogens with zero attached hydrogens (tertiary/aromatic N) is 3. The molecular formula is C14H17N3O2. The van der Waals surface area contributed by atoms with E-state index in [1.165, 1.54) is 5.56 Å². The van der Waals surface area contributed by atoms with E-state index >= 15 is 0 Å². The molecule has 0 N–H and O–H groups in total. The van der Waals surface area contributed by atoms with Crippen LogP contribution in [0.2, 0.25) is 0 Å². The standard InChI is InChI=1S/C14H17N3O2/c1-18-12-5-2-11(3-6-12)4-7-13-15-16-14-10-19-9-8-17(13)14/h2-3,5-6H,4,7-10H2,1H3. The summed E-state index contributed by atoms with van der Waals surface area (Å²) in [5.74, 6) is 2.88. The molecule has 100 valence electrons. The van der Waals surface area contributed by atoms with E-state index in [2.05, 4.69) is 26.9 Å². The lowest BCUT2D eigenvalue weighted by Crippen LogP contribution is -2.18. The summed E-state index contributed by atoms with van der Waals surface area (Å²) >= 11 is 0. The van der Waals surface area contributed by atoms with Gasteiger partial charge in [-0.3, -0.25) is 0 Å². The first-order valence-corrected chi connectivity index (χ1v) is 6.48. The van der Waals surface area contributed by atoms with E-state index in [0.29, 0.717) is 6.61 Å². The Bertz CT molecular complexity index is 548. The fourth-order valence-corrected chi connectivity index (χ4v) is 2.29. The summed E-state index contributed by atoms with van der Waals surface area (Å²) < 4.78 is 12.7. The molecule has 19 heavy (non-hydrogen) atoms. The van der Waals surface area contributed by atoms with Crippen molar-refractivity contribution in [2.45, 2.75) is 26.0 Å². The molecule has 0 spiro atoms. The van der Waals surface area contributed by atoms with Gasteiger partial charge in [0.05, 0.1) is 13.7 Å². The number of aryl methyl sites for hydroxylation is 2. The summed E-state index contributed by atoms with van der Waals surface area (Å²) in [4.78, 5) is 0. The normalized spacial score (nSPS) is 14.2. The maximum atomic E-state index is 5.36. The molecule has 0 radical (unpaired) electrons. The average molecular weight is 259 g/mol. The van der Waals surface area contributed by atoms with Crippen LogP contribution in [0.25, 0.3) is 0 Å². The molecule has 1 aromatic heterocycles. The minimum atomic E-state index is 0.579. The summed E-state index contributed by atoms with van der Waals surface area (Å²) in [5.41, 5.74) is 1.28. The highest BCUT2D eigenvalue weighted by molar-refractivity contribution is 5.27. The molecule has 0 aliphatic carbocycles. The number of methoxy groups -OCH3 is 1. The smallest absolute Gasteiger partial charge is 0.159 e. The molecule has 1 aromatic carbocycles. The molecule has 2 heterocycles. The molecule has 0 saturated carbocycles. The molecule has 2 aromatic rings. The summed E-state index contributed by atoms with van der Waals surface area (Å²) in [7, 11) is 1.68. The van der Waals surface area contributed by atoms with E-state index in [4.69, 9.17) is 9.47 Å². The van der Waals surface area contributed by atoms with Gasteiger partial charge in [0, 0.05) is 13.0 Å². The van der Waals surface area contributed by atoms with Crippen molar-refractivity contribution in [3.63, 3.8) is 0 Å². The van der Waals surface area contributed by atoms with Crippen molar-refractivity contribution in [1.82, 2.24) is 14.8 Å². The van der Waals surface area contributed by atoms with Gasteiger partial charge in [-0.05, 0) is 24.1 Å². The Kier molecular flexibility index (Phi) is 3.46. The van der Waals surface area contributed by atoms with Crippen LogP contribution >= 0.6 is 0 Å². The Balaban J connectivity index is 1.66. The third-order valence-corrected chi connectivity index (χ3v) is 3.39. The molecule has 5 nitrogen and oxygen atoms in total. The van der Waals surface area contributed by atoms with Crippen molar-refractivity contribution in [3.05, 3.63) is 41.5 Å². The molecule has 0 bridgehead atoms. The number of fused-ring (bicyclic) bond motifs is 1. The van der Waals surface area contributed by atoms with Crippen LogP contribution in [-0.2, 0) is 30.7 Å². The molecule has 0 amide bonds. The van der Waals surface area contributed by atoms with Gasteiger partial charge in [-0.15, -0.1) is 10.2 Å². The van der Waals surface area contributed by atoms with Crippen molar-refractivity contribution >= 4 is 0 Å². The predicted octanol–water partition coefficient (Wildman–Crippen LogP) is 1.60. The number of ether oxygens (including phenoxy) is 2. The summed E-state index contributed by atoms with van der Waals surface area (Å²) in [6, 6.07) is 8.16. The van der Waals surface area contributed by atoms with E-state index < -0.39 is 0 Å². The Morgan fingerprint density at radius 2 is 2.05 bits per heavy atom. The second-order valence-electron chi connectivity index (χ2n) is 4.58. The number of rotatable bonds is 4. The van der Waals surface area contributed by atoms with Gasteiger partial charge in [-0.2, -0.15) is 0 Å². The van der Waals surface area contributed by atoms with E-state index in [-0.39, 0.29) is 0 Å². The van der Waals surface area contributed by atoms with Crippen LogP contribution in [0.5, 0.6) is 5.75 Å². The van der Waals surface area contributed by atoms with Crippen molar-refractivity contribution in [3.8, 4) is 5.75 Å². The minimum absolute atomic E-state index is 0.579. The molecule has 1 aliphatic heterocycles. The molecule has 0 fully saturated rings. The Hall–Kier alpha value is -1.88. The van der Waals surface area contributed by atoms with E-state index in [1.54, 1.807) is 7.11 Å². The van der Waals surface area contributed by atoms with Crippen molar-refractivity contribution in [2.75, 3.05) is 13.7 Å². The quantitative estimate of drug-likeness (QED) is 0.837. The van der Waals surface area contributed by atoms with Crippen molar-refractivity contribution in [1.29, 1.82) is 0 Å². The Labute approximate surface area is 112 Å². The Morgan fingerprint density at radius 1 is 1.21 bits per heavy atom. The maximum absolute atomic E-state index is 5.36. The molecule has 0 unspecified atom stereocenters. The van der Waals surface area contributed by atoms with E-state index in [9.17, 15) is 0 Å². The fraction of sp³-hybridized carbons (Fsp3) is 0.429. The zero-order chi connectivity index (χ0) is 13.1. The zero-order valence-electron chi connectivity index (χ0n) is 11.0. The number of hydrogen-bond donors (Lipinski definition) is 0. The number of aromatic nitrogens is 3. The largest absolute Gasteiger partial charge is 0.497 e. The lowest BCUT2D eigenvalue weighted by molar-refractivity contribution is 0.0806. The SMILES string of the molecule is COc1ccc(CCc2nnc3n2CCOC3)cc1. The van der Waals surface area contributed by atoms with Crippen LogP contribution in [0, 0.1) is 0 Å². The van der Waals surface area contributed by atoms with Crippen molar-refractivity contribution < 1.29 is 9.47 Å². The molecule has 0 atom stereocenters. The molecule has 1 aliphatic rings. The van der Waals surface area contributed by atoms with Gasteiger partial charge < -0.3 is 14.0 Å². The van der Waals surface area contributed by atoms with Crippen molar-refractivity contribution in [2.24, 2.45) is 0 Å². The van der Waals surface area contributed by atoms with Gasteiger partial charge >= 0.3 is 0 Å². The first-order chi connectivity index (χ1) is 9.36. The molecule has 3 rings (SSSR count). The van der Waals surface area contributed by atoms with E-state index in [1.807, 2.05) is 12.1 Å². The summed E-state index contributed by atoms with van der Waals surface area (Å²) in [6.07, 6.45) is 1.86. The van der Waals surface area contributed by atoms with Gasteiger partial charge in [-0.25, -0.2) is 0 Å². The number of hydrogen-bond acceptors (Lipinski definition) is 4. The monoisotopic (exact) mass is 259 g/mol. The fourth-order valence-electron chi connectivity index (χ4n) is 2.29. The van der Waals surface area contributed by atoms with Crippen LogP contribution in [-0.4, -0.2) is 28.5 Å². The molecular weight excluding hydrogens is 242 g/mol. The first-order valence-electron chi connectivity index (χ1n) is 6.48. The van der Waals surface area contributed by atoms with Gasteiger partial charge in [0.2, 0.25) is 0 Å². The molecule has 0 saturated heterocycles.